The third-order valence-corrected chi connectivity index (χ3v) is 5.90. The summed E-state index contributed by atoms with van der Waals surface area (Å²) in [7, 11) is 2.70. The number of nitrogens with one attached hydrogen (secondary N) is 1. The molecule has 3 heterocycles. The van der Waals surface area contributed by atoms with Gasteiger partial charge in [-0.1, -0.05) is 30.3 Å². The highest BCUT2D eigenvalue weighted by atomic mass is 19.3. The van der Waals surface area contributed by atoms with Crippen LogP contribution in [0.25, 0.3) is 0 Å². The molecule has 0 radical (unpaired) electrons. The molecule has 0 aliphatic heterocycles. The largest absolute Gasteiger partial charge is 0.489 e. The summed E-state index contributed by atoms with van der Waals surface area (Å²) in [5.74, 6) is -2.28. The van der Waals surface area contributed by atoms with Gasteiger partial charge in [0.1, 0.15) is 17.8 Å². The lowest BCUT2D eigenvalue weighted by molar-refractivity contribution is 0.0565. The van der Waals surface area contributed by atoms with E-state index in [0.29, 0.717) is 21.4 Å². The number of carbonyl (C=O) groups is 1. The van der Waals surface area contributed by atoms with E-state index in [1.54, 1.807) is 31.2 Å². The van der Waals surface area contributed by atoms with E-state index in [1.165, 1.54) is 43.6 Å². The topological polar surface area (TPSA) is 141 Å². The van der Waals surface area contributed by atoms with Crippen molar-refractivity contribution in [3.63, 3.8) is 0 Å². The summed E-state index contributed by atoms with van der Waals surface area (Å²) in [4.78, 5) is 30.7. The fourth-order valence-electron chi connectivity index (χ4n) is 4.18. The second kappa shape index (κ2) is 10.4. The zero-order chi connectivity index (χ0) is 26.7. The number of hydrogen-bond acceptors (Lipinski definition) is 8. The number of amides is 1. The Balaban J connectivity index is 1.88. The van der Waals surface area contributed by atoms with Crippen molar-refractivity contribution in [1.29, 1.82) is 5.26 Å². The van der Waals surface area contributed by atoms with Gasteiger partial charge in [0.05, 0.1) is 31.1 Å². The first kappa shape index (κ1) is 25.2. The lowest BCUT2D eigenvalue weighted by Crippen LogP contribution is -2.31. The predicted octanol–water partition coefficient (Wildman–Crippen LogP) is 3.43. The zero-order valence-electron chi connectivity index (χ0n) is 19.9. The van der Waals surface area contributed by atoms with E-state index in [4.69, 9.17) is 9.26 Å². The van der Waals surface area contributed by atoms with Crippen LogP contribution in [-0.4, -0.2) is 37.5 Å². The summed E-state index contributed by atoms with van der Waals surface area (Å²) >= 11 is 0. The third kappa shape index (κ3) is 4.81. The third-order valence-electron chi connectivity index (χ3n) is 5.90. The van der Waals surface area contributed by atoms with Gasteiger partial charge in [0.25, 0.3) is 11.5 Å². The van der Waals surface area contributed by atoms with Gasteiger partial charge in [0.15, 0.2) is 5.69 Å². The van der Waals surface area contributed by atoms with Crippen LogP contribution in [0.15, 0.2) is 58.4 Å². The smallest absolute Gasteiger partial charge is 0.333 e. The van der Waals surface area contributed by atoms with Crippen LogP contribution in [0.2, 0.25) is 0 Å². The van der Waals surface area contributed by atoms with Crippen LogP contribution in [0.4, 0.5) is 14.5 Å². The molecule has 3 aromatic heterocycles. The minimum absolute atomic E-state index is 0.156. The second-order valence-electron chi connectivity index (χ2n) is 8.08. The molecule has 0 saturated carbocycles. The first-order chi connectivity index (χ1) is 17.8. The summed E-state index contributed by atoms with van der Waals surface area (Å²) < 4.78 is 38.3. The Morgan fingerprint density at radius 2 is 2.03 bits per heavy atom. The number of aromatic nitrogens is 5. The van der Waals surface area contributed by atoms with Crippen molar-refractivity contribution < 1.29 is 22.8 Å². The molecule has 1 aromatic carbocycles. The van der Waals surface area contributed by atoms with E-state index in [2.05, 4.69) is 26.6 Å². The number of rotatable bonds is 8. The van der Waals surface area contributed by atoms with E-state index in [1.807, 2.05) is 0 Å². The molecule has 1 N–H and O–H groups in total. The quantitative estimate of drug-likeness (QED) is 0.381. The average Bonchev–Trinajstić information content (AvgIpc) is 3.58. The maximum absolute atomic E-state index is 13.3. The molecule has 4 rings (SSSR count). The molecule has 0 aliphatic rings. The Bertz CT molecular complexity index is 1520. The number of carbonyl (C=O) groups excluding carboxylic acids is 1. The molecule has 4 aromatic rings. The van der Waals surface area contributed by atoms with Crippen LogP contribution in [0.3, 0.4) is 0 Å². The van der Waals surface area contributed by atoms with E-state index < -0.39 is 29.9 Å². The Morgan fingerprint density at radius 1 is 1.27 bits per heavy atom. The van der Waals surface area contributed by atoms with Crippen LogP contribution in [0.1, 0.15) is 58.3 Å². The number of hydrogen-bond donors (Lipinski definition) is 1. The number of benzene rings is 1. The molecular formula is C24H21F2N7O4. The Kier molecular flexibility index (Phi) is 7.10. The second-order valence-corrected chi connectivity index (χ2v) is 8.08. The Labute approximate surface area is 208 Å². The van der Waals surface area contributed by atoms with Crippen molar-refractivity contribution in [3.05, 3.63) is 87.7 Å². The van der Waals surface area contributed by atoms with Gasteiger partial charge in [-0.05, 0) is 17.2 Å². The molecule has 0 spiro atoms. The van der Waals surface area contributed by atoms with Crippen molar-refractivity contribution in [2.45, 2.75) is 25.3 Å². The van der Waals surface area contributed by atoms with Gasteiger partial charge >= 0.3 is 6.55 Å². The fourth-order valence-corrected chi connectivity index (χ4v) is 4.18. The van der Waals surface area contributed by atoms with Gasteiger partial charge in [-0.2, -0.15) is 19.1 Å². The van der Waals surface area contributed by atoms with Gasteiger partial charge in [-0.15, -0.1) is 0 Å². The molecule has 13 heteroatoms. The van der Waals surface area contributed by atoms with Crippen LogP contribution >= 0.6 is 0 Å². The number of nitriles is 1. The molecule has 0 saturated heterocycles. The first-order valence-corrected chi connectivity index (χ1v) is 10.9. The number of methoxy groups -OCH3 is 1. The van der Waals surface area contributed by atoms with E-state index in [9.17, 15) is 23.6 Å². The lowest BCUT2D eigenvalue weighted by atomic mass is 9.80. The van der Waals surface area contributed by atoms with Crippen molar-refractivity contribution in [3.8, 4) is 11.8 Å². The van der Waals surface area contributed by atoms with Gasteiger partial charge in [-0.25, -0.2) is 9.67 Å². The molecule has 11 nitrogen and oxygen atoms in total. The monoisotopic (exact) mass is 509 g/mol. The van der Waals surface area contributed by atoms with Crippen molar-refractivity contribution in [2.24, 2.45) is 7.05 Å². The van der Waals surface area contributed by atoms with Crippen molar-refractivity contribution in [1.82, 2.24) is 24.5 Å². The summed E-state index contributed by atoms with van der Waals surface area (Å²) in [6.07, 6.45) is 4.93. The summed E-state index contributed by atoms with van der Waals surface area (Å²) in [5.41, 5.74) is 0.523. The lowest BCUT2D eigenvalue weighted by Gasteiger charge is -2.26. The molecule has 0 fully saturated rings. The van der Waals surface area contributed by atoms with Gasteiger partial charge in [-0.3, -0.25) is 14.2 Å². The number of nitrogens with zero attached hydrogens (tertiary/aromatic N) is 6. The highest BCUT2D eigenvalue weighted by Gasteiger charge is 2.32. The van der Waals surface area contributed by atoms with Crippen LogP contribution in [0.5, 0.6) is 5.75 Å². The minimum atomic E-state index is -2.87. The molecule has 2 atom stereocenters. The van der Waals surface area contributed by atoms with Crippen LogP contribution in [-0.2, 0) is 7.05 Å². The Hall–Kier alpha value is -4.86. The highest BCUT2D eigenvalue weighted by Crippen LogP contribution is 2.39. The number of anilines is 1. The maximum Gasteiger partial charge on any atom is 0.333 e. The maximum atomic E-state index is 13.3. The van der Waals surface area contributed by atoms with Crippen molar-refractivity contribution >= 4 is 11.6 Å². The van der Waals surface area contributed by atoms with Crippen LogP contribution < -0.4 is 15.6 Å². The highest BCUT2D eigenvalue weighted by molar-refractivity contribution is 6.04. The Morgan fingerprint density at radius 3 is 2.65 bits per heavy atom. The molecule has 1 amide bonds. The van der Waals surface area contributed by atoms with E-state index in [0.717, 1.165) is 0 Å². The summed E-state index contributed by atoms with van der Waals surface area (Å²) in [6, 6.07) is 8.81. The van der Waals surface area contributed by atoms with Gasteiger partial charge < -0.3 is 14.6 Å². The zero-order valence-corrected chi connectivity index (χ0v) is 19.9. The molecular weight excluding hydrogens is 488 g/mol. The van der Waals surface area contributed by atoms with E-state index >= 15 is 0 Å². The SMILES string of the molecule is COc1c(C(=O)Nc2cnoc2)nc(C(C)C(c2cnn(C(F)F)c2)c2ccccc2C#N)n(C)c1=O. The number of alkyl halides is 2. The predicted molar refractivity (Wildman–Crippen MR) is 125 cm³/mol. The molecule has 0 bridgehead atoms. The van der Waals surface area contributed by atoms with Crippen molar-refractivity contribution in [2.75, 3.05) is 12.4 Å². The normalized spacial score (nSPS) is 12.7. The summed E-state index contributed by atoms with van der Waals surface area (Å²) in [6.45, 7) is -1.15. The standard InChI is InChI=1S/C24H21F2N7O4/c1-13(18(15-9-28-33(11-15)24(25)26)17-7-5-4-6-14(17)8-27)21-31-19(20(36-3)23(35)32(21)2)22(34)30-16-10-29-37-12-16/h4-7,9-13,18,24H,1-3H3,(H,30,34). The van der Waals surface area contributed by atoms with Gasteiger partial charge in [0, 0.05) is 25.1 Å². The molecule has 2 unspecified atom stereocenters. The van der Waals surface area contributed by atoms with Crippen LogP contribution in [0, 0.1) is 11.3 Å². The average molecular weight is 509 g/mol. The first-order valence-electron chi connectivity index (χ1n) is 10.9. The number of halogens is 2. The van der Waals surface area contributed by atoms with Gasteiger partial charge in [0.2, 0.25) is 5.75 Å². The minimum Gasteiger partial charge on any atom is -0.489 e. The fraction of sp³-hybridized carbons (Fsp3) is 0.250. The molecule has 190 valence electrons. The molecule has 0 aliphatic carbocycles. The number of ether oxygens (including phenoxy) is 1. The summed E-state index contributed by atoms with van der Waals surface area (Å²) in [5, 5.41) is 19.5. The molecule has 37 heavy (non-hydrogen) atoms. The van der Waals surface area contributed by atoms with E-state index in [-0.39, 0.29) is 23.0 Å².